The number of carbonyl (C=O) groups is 1. The molecule has 1 atom stereocenters. The molecule has 0 aromatic carbocycles. The van der Waals surface area contributed by atoms with E-state index in [0.717, 1.165) is 32.8 Å². The number of thiophene rings is 1. The van der Waals surface area contributed by atoms with Gasteiger partial charge in [0.05, 0.1) is 23.7 Å². The molecule has 2 N–H and O–H groups in total. The molecule has 0 radical (unpaired) electrons. The van der Waals surface area contributed by atoms with E-state index >= 15 is 0 Å². The van der Waals surface area contributed by atoms with Crippen molar-refractivity contribution < 1.29 is 9.32 Å². The van der Waals surface area contributed by atoms with Crippen LogP contribution in [0.3, 0.4) is 0 Å². The number of hydrogen-bond acceptors (Lipinski definition) is 6. The molecule has 0 saturated carbocycles. The van der Waals surface area contributed by atoms with Gasteiger partial charge < -0.3 is 10.3 Å². The fourth-order valence-electron chi connectivity index (χ4n) is 3.46. The zero-order valence-corrected chi connectivity index (χ0v) is 15.6. The molecule has 4 rings (SSSR count). The minimum Gasteiger partial charge on any atom is -0.370 e. The van der Waals surface area contributed by atoms with Gasteiger partial charge in [-0.15, -0.1) is 11.3 Å². The quantitative estimate of drug-likeness (QED) is 0.765. The van der Waals surface area contributed by atoms with Gasteiger partial charge in [-0.1, -0.05) is 11.2 Å². The summed E-state index contributed by atoms with van der Waals surface area (Å²) in [7, 11) is 0. The minimum absolute atomic E-state index is 0.163. The van der Waals surface area contributed by atoms with E-state index in [-0.39, 0.29) is 18.2 Å². The molecule has 1 aliphatic carbocycles. The highest BCUT2D eigenvalue weighted by Gasteiger charge is 2.32. The van der Waals surface area contributed by atoms with Gasteiger partial charge in [0.25, 0.3) is 0 Å². The summed E-state index contributed by atoms with van der Waals surface area (Å²) in [5.41, 5.74) is 11.6. The lowest BCUT2D eigenvalue weighted by molar-refractivity contribution is -0.118. The third-order valence-corrected chi connectivity index (χ3v) is 6.02. The van der Waals surface area contributed by atoms with Gasteiger partial charge in [-0.25, -0.2) is 0 Å². The highest BCUT2D eigenvalue weighted by atomic mass is 32.1. The van der Waals surface area contributed by atoms with Crippen LogP contribution in [-0.4, -0.2) is 21.3 Å². The number of nitrogens with zero attached hydrogens (tertiary/aromatic N) is 3. The Morgan fingerprint density at radius 3 is 2.77 bits per heavy atom. The maximum Gasteiger partial charge on any atom is 0.218 e. The van der Waals surface area contributed by atoms with E-state index in [2.05, 4.69) is 35.3 Å². The normalized spacial score (nSPS) is 15.8. The molecular formula is C19H18N4O2S. The van der Waals surface area contributed by atoms with Gasteiger partial charge in [0.2, 0.25) is 5.91 Å². The highest BCUT2D eigenvalue weighted by Crippen LogP contribution is 2.49. The zero-order chi connectivity index (χ0) is 18.4. The number of amides is 1. The molecule has 3 aromatic rings. The first-order chi connectivity index (χ1) is 12.5. The van der Waals surface area contributed by atoms with Gasteiger partial charge in [0.1, 0.15) is 0 Å². The van der Waals surface area contributed by atoms with Gasteiger partial charge in [0.15, 0.2) is 5.76 Å². The monoisotopic (exact) mass is 366 g/mol. The van der Waals surface area contributed by atoms with Crippen LogP contribution in [0.15, 0.2) is 29.1 Å². The minimum atomic E-state index is -0.378. The summed E-state index contributed by atoms with van der Waals surface area (Å²) in [6.45, 7) is 6.15. The van der Waals surface area contributed by atoms with Crippen LogP contribution in [0.4, 0.5) is 0 Å². The third-order valence-electron chi connectivity index (χ3n) is 4.79. The van der Waals surface area contributed by atoms with Gasteiger partial charge in [-0.05, 0) is 38.0 Å². The van der Waals surface area contributed by atoms with E-state index in [4.69, 9.17) is 10.3 Å². The zero-order valence-electron chi connectivity index (χ0n) is 14.7. The first-order valence-electron chi connectivity index (χ1n) is 8.31. The number of primary amides is 1. The Labute approximate surface area is 154 Å². The molecular weight excluding hydrogens is 348 g/mol. The maximum atomic E-state index is 11.7. The summed E-state index contributed by atoms with van der Waals surface area (Å²) < 4.78 is 5.65. The lowest BCUT2D eigenvalue weighted by Crippen LogP contribution is -2.14. The van der Waals surface area contributed by atoms with Crippen molar-refractivity contribution in [3.8, 4) is 10.4 Å². The van der Waals surface area contributed by atoms with E-state index in [1.165, 1.54) is 10.4 Å². The van der Waals surface area contributed by atoms with Crippen LogP contribution in [0, 0.1) is 20.8 Å². The molecule has 0 fully saturated rings. The Kier molecular flexibility index (Phi) is 3.96. The van der Waals surface area contributed by atoms with Crippen molar-refractivity contribution in [2.75, 3.05) is 0 Å². The van der Waals surface area contributed by atoms with E-state index in [1.54, 1.807) is 23.7 Å². The van der Waals surface area contributed by atoms with E-state index in [1.807, 2.05) is 13.0 Å². The number of aryl methyl sites for hydroxylation is 2. The van der Waals surface area contributed by atoms with Crippen molar-refractivity contribution in [1.82, 2.24) is 15.4 Å². The molecule has 6 nitrogen and oxygen atoms in total. The van der Waals surface area contributed by atoms with Gasteiger partial charge in [-0.3, -0.25) is 4.79 Å². The van der Waals surface area contributed by atoms with Crippen molar-refractivity contribution in [3.05, 3.63) is 57.6 Å². The molecule has 3 aromatic heterocycles. The summed E-state index contributed by atoms with van der Waals surface area (Å²) in [4.78, 5) is 14.0. The molecule has 0 bridgehead atoms. The maximum absolute atomic E-state index is 11.7. The Hall–Kier alpha value is -2.80. The van der Waals surface area contributed by atoms with Crippen LogP contribution in [0.25, 0.3) is 16.0 Å². The second-order valence-corrected chi connectivity index (χ2v) is 7.71. The predicted octanol–water partition coefficient (Wildman–Crippen LogP) is 3.52. The largest absolute Gasteiger partial charge is 0.370 e. The molecule has 1 aliphatic rings. The number of allylic oxidation sites excluding steroid dienone is 1. The summed E-state index contributed by atoms with van der Waals surface area (Å²) in [5.74, 6) is 0.0450. The average Bonchev–Trinajstić information content (AvgIpc) is 3.08. The van der Waals surface area contributed by atoms with Crippen molar-refractivity contribution in [2.24, 2.45) is 5.73 Å². The number of nitrogens with two attached hydrogens (primary N) is 1. The van der Waals surface area contributed by atoms with Crippen LogP contribution in [0.5, 0.6) is 0 Å². The Balaban J connectivity index is 2.05. The van der Waals surface area contributed by atoms with Crippen molar-refractivity contribution in [2.45, 2.75) is 33.1 Å². The van der Waals surface area contributed by atoms with Crippen LogP contribution in [0.2, 0.25) is 0 Å². The second kappa shape index (κ2) is 6.17. The summed E-state index contributed by atoms with van der Waals surface area (Å²) in [5, 5.41) is 12.1. The number of aromatic nitrogens is 3. The Morgan fingerprint density at radius 2 is 2.08 bits per heavy atom. The lowest BCUT2D eigenvalue weighted by Gasteiger charge is -2.11. The number of carbonyl (C=O) groups excluding carboxylic acids is 1. The molecule has 0 aliphatic heterocycles. The fourth-order valence-corrected chi connectivity index (χ4v) is 4.74. The average molecular weight is 366 g/mol. The molecule has 132 valence electrons. The summed E-state index contributed by atoms with van der Waals surface area (Å²) >= 11 is 1.72. The summed E-state index contributed by atoms with van der Waals surface area (Å²) in [6.07, 6.45) is 5.62. The van der Waals surface area contributed by atoms with Gasteiger partial charge in [-0.2, -0.15) is 10.2 Å². The molecule has 7 heteroatoms. The Bertz CT molecular complexity index is 1030. The van der Waals surface area contributed by atoms with E-state index in [9.17, 15) is 4.79 Å². The van der Waals surface area contributed by atoms with Crippen LogP contribution >= 0.6 is 11.3 Å². The lowest BCUT2D eigenvalue weighted by atomic mass is 9.93. The number of rotatable bonds is 3. The van der Waals surface area contributed by atoms with Crippen LogP contribution < -0.4 is 5.73 Å². The van der Waals surface area contributed by atoms with Gasteiger partial charge >= 0.3 is 0 Å². The number of fused-ring (bicyclic) bond motifs is 3. The molecule has 3 heterocycles. The third kappa shape index (κ3) is 2.55. The molecule has 26 heavy (non-hydrogen) atoms. The van der Waals surface area contributed by atoms with Gasteiger partial charge in [0, 0.05) is 33.2 Å². The van der Waals surface area contributed by atoms with Crippen molar-refractivity contribution in [3.63, 3.8) is 0 Å². The van der Waals surface area contributed by atoms with E-state index in [0.29, 0.717) is 5.76 Å². The smallest absolute Gasteiger partial charge is 0.218 e. The summed E-state index contributed by atoms with van der Waals surface area (Å²) in [6, 6.07) is 1.93. The van der Waals surface area contributed by atoms with E-state index < -0.39 is 0 Å². The molecule has 0 unspecified atom stereocenters. The SMILES string of the molecule is Cc1noc2c1-c1sc(C)c(C)c1C(c1ccnnc1)=C[C@H]2CC(N)=O. The topological polar surface area (TPSA) is 94.9 Å². The van der Waals surface area contributed by atoms with Crippen molar-refractivity contribution >= 4 is 22.8 Å². The highest BCUT2D eigenvalue weighted by molar-refractivity contribution is 7.16. The Morgan fingerprint density at radius 1 is 1.27 bits per heavy atom. The molecule has 1 amide bonds. The van der Waals surface area contributed by atoms with Crippen LogP contribution in [0.1, 0.15) is 45.4 Å². The fraction of sp³-hybridized carbons (Fsp3) is 0.263. The van der Waals surface area contributed by atoms with Crippen molar-refractivity contribution in [1.29, 1.82) is 0 Å². The molecule has 0 saturated heterocycles. The van der Waals surface area contributed by atoms with Crippen LogP contribution in [-0.2, 0) is 4.79 Å². The predicted molar refractivity (Wildman–Crippen MR) is 99.7 cm³/mol. The number of hydrogen-bond donors (Lipinski definition) is 1. The standard InChI is InChI=1S/C19H18N4O2S/c1-9-11(3)26-19-16(9)14(12-4-5-21-22-8-12)6-13(7-15(20)24)18-17(19)10(2)23-25-18/h4-6,8,13H,7H2,1-3H3,(H2,20,24)/t13-/m0/s1. The molecule has 0 spiro atoms. The first-order valence-corrected chi connectivity index (χ1v) is 9.13. The second-order valence-electron chi connectivity index (χ2n) is 6.48. The first kappa shape index (κ1) is 16.7.